The summed E-state index contributed by atoms with van der Waals surface area (Å²) in [6, 6.07) is 6.82. The first-order valence-corrected chi connectivity index (χ1v) is 7.80. The number of aromatic nitrogens is 2. The van der Waals surface area contributed by atoms with Gasteiger partial charge in [0.05, 0.1) is 5.69 Å². The van der Waals surface area contributed by atoms with E-state index in [1.807, 2.05) is 13.1 Å². The van der Waals surface area contributed by atoms with Gasteiger partial charge in [-0.15, -0.1) is 0 Å². The Hall–Kier alpha value is -1.59. The minimum absolute atomic E-state index is 0.630. The Morgan fingerprint density at radius 1 is 1.19 bits per heavy atom. The van der Waals surface area contributed by atoms with E-state index in [-0.39, 0.29) is 0 Å². The molecule has 2 aromatic heterocycles. The van der Waals surface area contributed by atoms with E-state index < -0.39 is 0 Å². The maximum atomic E-state index is 4.86. The number of nitrogens with zero attached hydrogens (tertiary/aromatic N) is 4. The van der Waals surface area contributed by atoms with Crippen LogP contribution in [0.3, 0.4) is 0 Å². The minimum Gasteiger partial charge on any atom is -0.352 e. The van der Waals surface area contributed by atoms with Crippen molar-refractivity contribution in [1.29, 1.82) is 0 Å². The van der Waals surface area contributed by atoms with E-state index in [9.17, 15) is 0 Å². The lowest BCUT2D eigenvalue weighted by atomic mass is 10.2. The number of anilines is 1. The van der Waals surface area contributed by atoms with E-state index >= 15 is 0 Å². The third kappa shape index (κ3) is 2.76. The molecule has 5 nitrogen and oxygen atoms in total. The first-order chi connectivity index (χ1) is 10.2. The third-order valence-electron chi connectivity index (χ3n) is 4.30. The molecule has 0 radical (unpaired) electrons. The predicted octanol–water partition coefficient (Wildman–Crippen LogP) is 1.58. The maximum absolute atomic E-state index is 4.86. The van der Waals surface area contributed by atoms with E-state index in [4.69, 9.17) is 4.98 Å². The molecule has 21 heavy (non-hydrogen) atoms. The molecule has 0 aromatic carbocycles. The summed E-state index contributed by atoms with van der Waals surface area (Å²) in [5.41, 5.74) is 2.29. The molecule has 0 saturated carbocycles. The normalized spacial score (nSPS) is 17.0. The molecule has 0 spiro atoms. The van der Waals surface area contributed by atoms with Crippen LogP contribution in [0.5, 0.6) is 0 Å². The lowest BCUT2D eigenvalue weighted by Gasteiger charge is -2.37. The third-order valence-corrected chi connectivity index (χ3v) is 4.30. The summed E-state index contributed by atoms with van der Waals surface area (Å²) < 4.78 is 2.20. The molecule has 0 atom stereocenters. The van der Waals surface area contributed by atoms with Gasteiger partial charge >= 0.3 is 0 Å². The fourth-order valence-corrected chi connectivity index (χ4v) is 3.07. The van der Waals surface area contributed by atoms with Crippen molar-refractivity contribution in [2.75, 3.05) is 38.1 Å². The molecule has 2 aromatic rings. The van der Waals surface area contributed by atoms with Crippen LogP contribution in [0.2, 0.25) is 0 Å². The van der Waals surface area contributed by atoms with Gasteiger partial charge in [-0.05, 0) is 33.0 Å². The summed E-state index contributed by atoms with van der Waals surface area (Å²) in [5.74, 6) is 1.14. The van der Waals surface area contributed by atoms with Gasteiger partial charge in [0, 0.05) is 45.0 Å². The predicted molar refractivity (Wildman–Crippen MR) is 86.9 cm³/mol. The average Bonchev–Trinajstić information content (AvgIpc) is 2.87. The second-order valence-corrected chi connectivity index (χ2v) is 5.96. The second-order valence-electron chi connectivity index (χ2n) is 5.96. The van der Waals surface area contributed by atoms with Crippen LogP contribution in [0.1, 0.15) is 19.5 Å². The van der Waals surface area contributed by atoms with Gasteiger partial charge in [-0.2, -0.15) is 0 Å². The van der Waals surface area contributed by atoms with Gasteiger partial charge in [-0.3, -0.25) is 4.90 Å². The van der Waals surface area contributed by atoms with Crippen molar-refractivity contribution in [3.05, 3.63) is 30.1 Å². The zero-order valence-corrected chi connectivity index (χ0v) is 13.2. The molecule has 5 heteroatoms. The molecule has 1 aliphatic rings. The number of nitrogens with one attached hydrogen (secondary N) is 1. The summed E-state index contributed by atoms with van der Waals surface area (Å²) in [4.78, 5) is 9.82. The van der Waals surface area contributed by atoms with Crippen molar-refractivity contribution in [3.63, 3.8) is 0 Å². The van der Waals surface area contributed by atoms with Gasteiger partial charge in [0.15, 0.2) is 5.82 Å². The standard InChI is InChI=1S/C16H25N5/c1-13(2)19-8-10-20(11-9-19)16-14(12-17-3)21-7-5-4-6-15(21)18-16/h4-7,13,17H,8-12H2,1-3H3. The number of hydrogen-bond donors (Lipinski definition) is 1. The molecule has 1 saturated heterocycles. The van der Waals surface area contributed by atoms with E-state index in [0.717, 1.165) is 44.2 Å². The lowest BCUT2D eigenvalue weighted by molar-refractivity contribution is 0.209. The van der Waals surface area contributed by atoms with E-state index in [0.29, 0.717) is 6.04 Å². The smallest absolute Gasteiger partial charge is 0.152 e. The zero-order chi connectivity index (χ0) is 14.8. The molecular weight excluding hydrogens is 262 g/mol. The Kier molecular flexibility index (Phi) is 4.12. The Labute approximate surface area is 126 Å². The van der Waals surface area contributed by atoms with Crippen LogP contribution in [0.15, 0.2) is 24.4 Å². The summed E-state index contributed by atoms with van der Waals surface area (Å²) in [5, 5.41) is 3.27. The van der Waals surface area contributed by atoms with E-state index in [1.165, 1.54) is 5.69 Å². The zero-order valence-electron chi connectivity index (χ0n) is 13.2. The van der Waals surface area contributed by atoms with Gasteiger partial charge in [0.1, 0.15) is 5.65 Å². The van der Waals surface area contributed by atoms with Gasteiger partial charge in [0.25, 0.3) is 0 Å². The van der Waals surface area contributed by atoms with Crippen molar-refractivity contribution < 1.29 is 0 Å². The number of rotatable bonds is 4. The maximum Gasteiger partial charge on any atom is 0.152 e. The molecule has 0 amide bonds. The fourth-order valence-electron chi connectivity index (χ4n) is 3.07. The van der Waals surface area contributed by atoms with Crippen LogP contribution in [-0.2, 0) is 6.54 Å². The summed E-state index contributed by atoms with van der Waals surface area (Å²) in [7, 11) is 1.99. The summed E-state index contributed by atoms with van der Waals surface area (Å²) >= 11 is 0. The van der Waals surface area contributed by atoms with Crippen LogP contribution < -0.4 is 10.2 Å². The van der Waals surface area contributed by atoms with Gasteiger partial charge in [-0.1, -0.05) is 6.07 Å². The van der Waals surface area contributed by atoms with Crippen molar-refractivity contribution in [3.8, 4) is 0 Å². The quantitative estimate of drug-likeness (QED) is 0.926. The number of fused-ring (bicyclic) bond motifs is 1. The molecule has 1 N–H and O–H groups in total. The molecule has 3 rings (SSSR count). The summed E-state index contributed by atoms with van der Waals surface area (Å²) in [6.07, 6.45) is 2.10. The monoisotopic (exact) mass is 287 g/mol. The molecule has 0 bridgehead atoms. The number of imidazole rings is 1. The van der Waals surface area contributed by atoms with Crippen molar-refractivity contribution in [1.82, 2.24) is 19.6 Å². The first kappa shape index (κ1) is 14.4. The molecule has 1 fully saturated rings. The highest BCUT2D eigenvalue weighted by Crippen LogP contribution is 2.23. The van der Waals surface area contributed by atoms with Crippen LogP contribution in [0.4, 0.5) is 5.82 Å². The second kappa shape index (κ2) is 6.03. The molecular formula is C16H25N5. The van der Waals surface area contributed by atoms with E-state index in [1.54, 1.807) is 0 Å². The van der Waals surface area contributed by atoms with Crippen molar-refractivity contribution >= 4 is 11.5 Å². The number of piperazine rings is 1. The SMILES string of the molecule is CNCc1c(N2CCN(C(C)C)CC2)nc2ccccn12. The van der Waals surface area contributed by atoms with Crippen molar-refractivity contribution in [2.45, 2.75) is 26.4 Å². The number of pyridine rings is 1. The van der Waals surface area contributed by atoms with Crippen molar-refractivity contribution in [2.24, 2.45) is 0 Å². The highest BCUT2D eigenvalue weighted by Gasteiger charge is 2.23. The average molecular weight is 287 g/mol. The molecule has 0 aliphatic carbocycles. The molecule has 0 unspecified atom stereocenters. The van der Waals surface area contributed by atoms with Crippen LogP contribution in [0.25, 0.3) is 5.65 Å². The molecule has 114 valence electrons. The van der Waals surface area contributed by atoms with Crippen LogP contribution >= 0.6 is 0 Å². The minimum atomic E-state index is 0.630. The van der Waals surface area contributed by atoms with Crippen LogP contribution in [0, 0.1) is 0 Å². The Balaban J connectivity index is 1.88. The Morgan fingerprint density at radius 2 is 1.95 bits per heavy atom. The fraction of sp³-hybridized carbons (Fsp3) is 0.562. The molecule has 1 aliphatic heterocycles. The Bertz CT molecular complexity index is 596. The molecule has 3 heterocycles. The van der Waals surface area contributed by atoms with Gasteiger partial charge in [-0.25, -0.2) is 4.98 Å². The highest BCUT2D eigenvalue weighted by atomic mass is 15.3. The van der Waals surface area contributed by atoms with Crippen LogP contribution in [-0.4, -0.2) is 53.6 Å². The highest BCUT2D eigenvalue weighted by molar-refractivity contribution is 5.56. The number of hydrogen-bond acceptors (Lipinski definition) is 4. The topological polar surface area (TPSA) is 35.8 Å². The van der Waals surface area contributed by atoms with Gasteiger partial charge < -0.3 is 14.6 Å². The first-order valence-electron chi connectivity index (χ1n) is 7.80. The van der Waals surface area contributed by atoms with Gasteiger partial charge in [0.2, 0.25) is 0 Å². The summed E-state index contributed by atoms with van der Waals surface area (Å²) in [6.45, 7) is 9.72. The lowest BCUT2D eigenvalue weighted by Crippen LogP contribution is -2.49. The van der Waals surface area contributed by atoms with E-state index in [2.05, 4.69) is 51.7 Å². The largest absolute Gasteiger partial charge is 0.352 e. The Morgan fingerprint density at radius 3 is 2.62 bits per heavy atom.